The van der Waals surface area contributed by atoms with E-state index in [0.717, 1.165) is 49.3 Å². The van der Waals surface area contributed by atoms with E-state index < -0.39 is 70.6 Å². The van der Waals surface area contributed by atoms with E-state index in [9.17, 15) is 58.5 Å². The Balaban J connectivity index is 0.000000227. The lowest BCUT2D eigenvalue weighted by molar-refractivity contribution is -0.147. The molecule has 0 bridgehead atoms. The molecule has 9 rings (SSSR count). The Morgan fingerprint density at radius 1 is 0.427 bits per heavy atom. The SMILES string of the molecule is CC1CCC(c2ccc(O)cc2)NC1.Cc1cc(NC(=O)C(=O)N2C[C@@H](C)CC[C@@H]2c2ccc(O)cc2)cnc1NC(=O)OC(C)(C)C.Cc1cc(NC(=O)C(=O)N2C[C@H](C)CC[C@H]2c2ccc(O)cc2)cnc1NC(=O)OC(C)(C)C.Cc1cc(NC(=O)C(=O)O)cnc1NC(=O)OC(C)(C)C. The van der Waals surface area contributed by atoms with Gasteiger partial charge in [0, 0.05) is 19.1 Å². The van der Waals surface area contributed by atoms with Gasteiger partial charge < -0.3 is 65.7 Å². The second kappa shape index (κ2) is 36.1. The lowest BCUT2D eigenvalue weighted by Crippen LogP contribution is -2.46. The van der Waals surface area contributed by atoms with Gasteiger partial charge in [0.1, 0.15) is 51.5 Å². The zero-order valence-corrected chi connectivity index (χ0v) is 61.1. The summed E-state index contributed by atoms with van der Waals surface area (Å²) < 4.78 is 15.5. The first-order valence-electron chi connectivity index (χ1n) is 34.0. The lowest BCUT2D eigenvalue weighted by Gasteiger charge is -2.38. The molecule has 6 aromatic rings. The van der Waals surface area contributed by atoms with E-state index in [2.05, 4.69) is 72.9 Å². The maximum absolute atomic E-state index is 13.1. The van der Waals surface area contributed by atoms with Crippen molar-refractivity contribution in [1.82, 2.24) is 30.1 Å². The van der Waals surface area contributed by atoms with Crippen LogP contribution in [0.2, 0.25) is 0 Å². The van der Waals surface area contributed by atoms with Crippen LogP contribution in [0.5, 0.6) is 17.2 Å². The number of aliphatic carboxylic acids is 1. The quantitative estimate of drug-likeness (QED) is 0.0473. The number of hydrogen-bond acceptors (Lipinski definition) is 19. The van der Waals surface area contributed by atoms with Crippen molar-refractivity contribution >= 4 is 88.3 Å². The van der Waals surface area contributed by atoms with Crippen LogP contribution in [0.1, 0.15) is 173 Å². The number of aromatic nitrogens is 3. The number of rotatable bonds is 9. The monoisotopic (exact) mass is 1420 g/mol. The standard InChI is InChI=1S/2C25H32N4O5.C13H17N3O5.C12H17NO/c2*1-15-6-11-20(17-7-9-19(30)10-8-17)29(14-15)23(32)22(31)27-18-12-16(2)21(26-13-18)28-24(33)34-25(3,4)5;1-7-5-8(15-10(17)11(18)19)6-14-9(7)16-12(20)21-13(2,3)4;1-9-2-7-12(13-8-9)10-3-5-11(14)6-4-10/h2*7-10,12-13,15,20,30H,6,11,14H2,1-5H3,(H,27,31)(H,26,28,33);5-6H,1-4H3,(H,15,17)(H,18,19)(H,14,16,20);3-6,9,12-14H,2,7-8H2,1H3/t2*15-,20+;;/m10../s1. The Morgan fingerprint density at radius 3 is 1.01 bits per heavy atom. The Morgan fingerprint density at radius 2 is 0.728 bits per heavy atom. The van der Waals surface area contributed by atoms with Gasteiger partial charge in [-0.1, -0.05) is 57.2 Å². The normalized spacial score (nSPS) is 17.9. The third-order valence-electron chi connectivity index (χ3n) is 16.1. The number of pyridine rings is 3. The van der Waals surface area contributed by atoms with E-state index in [-0.39, 0.29) is 46.9 Å². The van der Waals surface area contributed by atoms with Gasteiger partial charge in [0.05, 0.1) is 47.7 Å². The number of piperidine rings is 3. The molecule has 8 amide bonds. The van der Waals surface area contributed by atoms with Crippen molar-refractivity contribution in [2.24, 2.45) is 17.8 Å². The van der Waals surface area contributed by atoms with Crippen molar-refractivity contribution < 1.29 is 77.8 Å². The van der Waals surface area contributed by atoms with Crippen LogP contribution in [0, 0.1) is 38.5 Å². The van der Waals surface area contributed by atoms with Gasteiger partial charge in [0.15, 0.2) is 0 Å². The fourth-order valence-electron chi connectivity index (χ4n) is 11.2. The largest absolute Gasteiger partial charge is 0.508 e. The maximum atomic E-state index is 13.1. The van der Waals surface area contributed by atoms with Crippen LogP contribution in [-0.2, 0) is 43.0 Å². The summed E-state index contributed by atoms with van der Waals surface area (Å²) in [5.41, 5.74) is 3.78. The fourth-order valence-corrected chi connectivity index (χ4v) is 11.2. The van der Waals surface area contributed by atoms with Gasteiger partial charge in [-0.2, -0.15) is 0 Å². The highest BCUT2D eigenvalue weighted by Gasteiger charge is 2.36. The number of benzene rings is 3. The summed E-state index contributed by atoms with van der Waals surface area (Å²) in [6.45, 7) is 29.3. The number of phenols is 3. The molecule has 3 aliphatic heterocycles. The van der Waals surface area contributed by atoms with Gasteiger partial charge in [-0.05, 0) is 234 Å². The molecule has 0 aliphatic carbocycles. The van der Waals surface area contributed by atoms with Crippen LogP contribution in [0.3, 0.4) is 0 Å². The minimum absolute atomic E-state index is 0.149. The van der Waals surface area contributed by atoms with E-state index in [4.69, 9.17) is 19.3 Å². The first-order chi connectivity index (χ1) is 48.2. The first kappa shape index (κ1) is 81.1. The molecule has 28 heteroatoms. The van der Waals surface area contributed by atoms with Gasteiger partial charge in [0.2, 0.25) is 0 Å². The summed E-state index contributed by atoms with van der Waals surface area (Å²) in [5.74, 6) is -2.68. The van der Waals surface area contributed by atoms with E-state index in [1.165, 1.54) is 43.1 Å². The molecule has 2 unspecified atom stereocenters. The number of carbonyl (C=O) groups excluding carboxylic acids is 8. The molecular weight excluding hydrogens is 1320 g/mol. The van der Waals surface area contributed by atoms with E-state index in [1.54, 1.807) is 166 Å². The number of anilines is 6. The van der Waals surface area contributed by atoms with Crippen molar-refractivity contribution in [3.63, 3.8) is 0 Å². The Kier molecular flexibility index (Phi) is 28.4. The number of aryl methyl sites for hydroxylation is 3. The highest BCUT2D eigenvalue weighted by atomic mass is 16.6. The van der Waals surface area contributed by atoms with Crippen LogP contribution in [0.4, 0.5) is 48.9 Å². The van der Waals surface area contributed by atoms with Crippen LogP contribution in [0.25, 0.3) is 0 Å². The van der Waals surface area contributed by atoms with Crippen molar-refractivity contribution in [1.29, 1.82) is 0 Å². The molecule has 0 saturated carbocycles. The Hall–Kier alpha value is -10.9. The second-order valence-electron chi connectivity index (χ2n) is 28.9. The van der Waals surface area contributed by atoms with Crippen LogP contribution in [-0.4, -0.2) is 135 Å². The molecule has 0 spiro atoms. The number of likely N-dealkylation sites (tertiary alicyclic amines) is 2. The third-order valence-corrected chi connectivity index (χ3v) is 16.1. The van der Waals surface area contributed by atoms with Crippen molar-refractivity contribution in [3.8, 4) is 17.2 Å². The molecule has 28 nitrogen and oxygen atoms in total. The Bertz CT molecular complexity index is 3780. The number of hydrogen-bond donors (Lipinski definition) is 11. The summed E-state index contributed by atoms with van der Waals surface area (Å²) in [5, 5.41) is 55.4. The number of ether oxygens (including phenoxy) is 3. The van der Waals surface area contributed by atoms with Crippen LogP contribution >= 0.6 is 0 Å². The minimum Gasteiger partial charge on any atom is -0.508 e. The summed E-state index contributed by atoms with van der Waals surface area (Å²) in [7, 11) is 0. The maximum Gasteiger partial charge on any atom is 0.413 e. The molecule has 6 atom stereocenters. The molecule has 3 aromatic carbocycles. The van der Waals surface area contributed by atoms with Gasteiger partial charge >= 0.3 is 53.8 Å². The molecule has 3 fully saturated rings. The van der Waals surface area contributed by atoms with Crippen molar-refractivity contribution in [3.05, 3.63) is 143 Å². The van der Waals surface area contributed by atoms with Crippen LogP contribution < -0.4 is 37.2 Å². The molecule has 3 aromatic heterocycles. The lowest BCUT2D eigenvalue weighted by atomic mass is 9.89. The molecule has 554 valence electrons. The average molecular weight is 1420 g/mol. The minimum atomic E-state index is -1.59. The fraction of sp³-hybridized carbons (Fsp3) is 0.440. The highest BCUT2D eigenvalue weighted by Crippen LogP contribution is 2.37. The summed E-state index contributed by atoms with van der Waals surface area (Å²) in [6.07, 6.45) is 7.91. The number of carbonyl (C=O) groups is 9. The van der Waals surface area contributed by atoms with Gasteiger partial charge in [0.25, 0.3) is 0 Å². The van der Waals surface area contributed by atoms with Gasteiger partial charge in [-0.15, -0.1) is 0 Å². The summed E-state index contributed by atoms with van der Waals surface area (Å²) in [4.78, 5) is 124. The van der Waals surface area contributed by atoms with E-state index in [1.807, 2.05) is 12.1 Å². The predicted octanol–water partition coefficient (Wildman–Crippen LogP) is 13.0. The number of carboxylic acid groups (broad SMARTS) is 1. The molecule has 6 heterocycles. The molecule has 3 aliphatic rings. The molecular formula is C75H98N12O16. The molecule has 11 N–H and O–H groups in total. The zero-order chi connectivity index (χ0) is 76.3. The smallest absolute Gasteiger partial charge is 0.413 e. The van der Waals surface area contributed by atoms with Gasteiger partial charge in [-0.25, -0.2) is 34.1 Å². The predicted molar refractivity (Wildman–Crippen MR) is 389 cm³/mol. The number of nitrogens with zero attached hydrogens (tertiary/aromatic N) is 5. The number of amides is 8. The van der Waals surface area contributed by atoms with Crippen molar-refractivity contribution in [2.45, 2.75) is 177 Å². The molecule has 0 radical (unpaired) electrons. The van der Waals surface area contributed by atoms with E-state index >= 15 is 0 Å². The number of phenolic OH excluding ortho intramolecular Hbond substituents is 3. The molecule has 103 heavy (non-hydrogen) atoms. The summed E-state index contributed by atoms with van der Waals surface area (Å²) >= 11 is 0. The number of nitrogens with one attached hydrogen (secondary N) is 7. The number of aromatic hydroxyl groups is 3. The van der Waals surface area contributed by atoms with Crippen LogP contribution in [0.15, 0.2) is 110 Å². The first-order valence-corrected chi connectivity index (χ1v) is 34.0. The number of carboxylic acids is 1. The average Bonchev–Trinajstić information content (AvgIpc) is 0.808. The Labute approximate surface area is 600 Å². The zero-order valence-electron chi connectivity index (χ0n) is 61.1. The molecule has 3 saturated heterocycles. The topological polar surface area (TPSA) is 392 Å². The van der Waals surface area contributed by atoms with Gasteiger partial charge in [-0.3, -0.25) is 39.9 Å². The van der Waals surface area contributed by atoms with Crippen molar-refractivity contribution in [2.75, 3.05) is 51.5 Å². The third kappa shape index (κ3) is 26.5. The summed E-state index contributed by atoms with van der Waals surface area (Å²) in [6, 6.07) is 25.7. The van der Waals surface area contributed by atoms with E-state index in [0.29, 0.717) is 64.6 Å². The second-order valence-corrected chi connectivity index (χ2v) is 28.9. The highest BCUT2D eigenvalue weighted by molar-refractivity contribution is 6.40.